The summed E-state index contributed by atoms with van der Waals surface area (Å²) in [4.78, 5) is 15.7. The van der Waals surface area contributed by atoms with Gasteiger partial charge in [0.15, 0.2) is 0 Å². The van der Waals surface area contributed by atoms with E-state index in [2.05, 4.69) is 21.1 Å². The van der Waals surface area contributed by atoms with Crippen molar-refractivity contribution >= 4 is 21.6 Å². The van der Waals surface area contributed by atoms with E-state index in [1.54, 1.807) is 0 Å². The van der Waals surface area contributed by atoms with Gasteiger partial charge >= 0.3 is 6.18 Å². The van der Waals surface area contributed by atoms with Crippen molar-refractivity contribution in [3.63, 3.8) is 0 Å². The number of rotatable bonds is 1. The molecule has 0 aliphatic carbocycles. The van der Waals surface area contributed by atoms with Crippen LogP contribution in [-0.4, -0.2) is 21.9 Å². The van der Waals surface area contributed by atoms with Crippen LogP contribution in [0.3, 0.4) is 0 Å². The average Bonchev–Trinajstić information content (AvgIpc) is 2.79. The Labute approximate surface area is 139 Å². The summed E-state index contributed by atoms with van der Waals surface area (Å²) in [5.74, 6) is -1.09. The van der Waals surface area contributed by atoms with Gasteiger partial charge in [0, 0.05) is 12.0 Å². The molecular formula is C15H15BrF3NO3. The van der Waals surface area contributed by atoms with Crippen LogP contribution in [-0.2, 0) is 20.8 Å². The van der Waals surface area contributed by atoms with E-state index in [1.165, 1.54) is 12.1 Å². The minimum Gasteiger partial charge on any atom is -0.356 e. The minimum atomic E-state index is -4.37. The second-order valence-corrected chi connectivity index (χ2v) is 7.16. The molecule has 0 aromatic heterocycles. The van der Waals surface area contributed by atoms with Gasteiger partial charge in [-0.05, 0) is 32.4 Å². The Morgan fingerprint density at radius 1 is 1.13 bits per heavy atom. The highest BCUT2D eigenvalue weighted by Gasteiger charge is 2.54. The summed E-state index contributed by atoms with van der Waals surface area (Å²) in [5, 5.41) is 3.99. The molecule has 2 atom stereocenters. The molecule has 23 heavy (non-hydrogen) atoms. The van der Waals surface area contributed by atoms with E-state index in [0.29, 0.717) is 24.1 Å². The molecule has 126 valence electrons. The Bertz CT molecular complexity index is 618. The Hall–Kier alpha value is -1.12. The third kappa shape index (κ3) is 3.12. The normalized spacial score (nSPS) is 30.2. The van der Waals surface area contributed by atoms with Gasteiger partial charge in [0.2, 0.25) is 0 Å². The number of halogens is 4. The molecule has 2 aliphatic rings. The molecule has 4 nitrogen and oxygen atoms in total. The van der Waals surface area contributed by atoms with E-state index in [9.17, 15) is 13.2 Å². The van der Waals surface area contributed by atoms with E-state index in [4.69, 9.17) is 14.6 Å². The molecule has 0 radical (unpaired) electrons. The van der Waals surface area contributed by atoms with Gasteiger partial charge in [-0.1, -0.05) is 33.2 Å². The molecule has 2 heterocycles. The first-order chi connectivity index (χ1) is 10.6. The molecule has 8 heteroatoms. The van der Waals surface area contributed by atoms with E-state index < -0.39 is 28.0 Å². The van der Waals surface area contributed by atoms with Crippen LogP contribution in [0.2, 0.25) is 0 Å². The van der Waals surface area contributed by atoms with Crippen molar-refractivity contribution in [3.05, 3.63) is 35.4 Å². The van der Waals surface area contributed by atoms with Crippen molar-refractivity contribution in [2.24, 2.45) is 5.16 Å². The third-order valence-corrected chi connectivity index (χ3v) is 5.05. The molecule has 1 aromatic rings. The monoisotopic (exact) mass is 393 g/mol. The van der Waals surface area contributed by atoms with Gasteiger partial charge in [0.1, 0.15) is 10.5 Å². The maximum Gasteiger partial charge on any atom is 0.416 e. The molecular weight excluding hydrogens is 379 g/mol. The van der Waals surface area contributed by atoms with Crippen molar-refractivity contribution < 1.29 is 27.8 Å². The summed E-state index contributed by atoms with van der Waals surface area (Å²) in [6.07, 6.45) is -3.12. The van der Waals surface area contributed by atoms with Crippen LogP contribution in [0.4, 0.5) is 13.2 Å². The standard InChI is InChI=1S/C15H15BrF3NO3/c1-13(2)7-8-14(23-22-13)12(16)11(20-21-14)9-3-5-10(6-4-9)15(17,18)19/h3-6,12H,7-8H2,1-2H3/t12-,14+/m1/s1. The van der Waals surface area contributed by atoms with Crippen LogP contribution in [0.5, 0.6) is 0 Å². The molecule has 1 saturated heterocycles. The lowest BCUT2D eigenvalue weighted by Crippen LogP contribution is -2.50. The molecule has 0 N–H and O–H groups in total. The molecule has 1 spiro atoms. The fourth-order valence-electron chi connectivity index (χ4n) is 2.43. The first-order valence-electron chi connectivity index (χ1n) is 7.08. The maximum atomic E-state index is 12.6. The van der Waals surface area contributed by atoms with Gasteiger partial charge in [-0.3, -0.25) is 0 Å². The van der Waals surface area contributed by atoms with Crippen LogP contribution in [0, 0.1) is 0 Å². The second kappa shape index (κ2) is 5.46. The molecule has 0 unspecified atom stereocenters. The van der Waals surface area contributed by atoms with Gasteiger partial charge in [-0.15, -0.1) is 0 Å². The summed E-state index contributed by atoms with van der Waals surface area (Å²) < 4.78 is 37.9. The molecule has 0 bridgehead atoms. The molecule has 1 aromatic carbocycles. The van der Waals surface area contributed by atoms with Crippen LogP contribution in [0.1, 0.15) is 37.8 Å². The highest BCUT2D eigenvalue weighted by molar-refractivity contribution is 9.10. The van der Waals surface area contributed by atoms with Crippen molar-refractivity contribution in [1.29, 1.82) is 0 Å². The van der Waals surface area contributed by atoms with Crippen LogP contribution < -0.4 is 0 Å². The van der Waals surface area contributed by atoms with E-state index in [-0.39, 0.29) is 0 Å². The van der Waals surface area contributed by atoms with Crippen molar-refractivity contribution in [1.82, 2.24) is 0 Å². The van der Waals surface area contributed by atoms with Crippen molar-refractivity contribution in [2.75, 3.05) is 0 Å². The van der Waals surface area contributed by atoms with Crippen LogP contribution >= 0.6 is 15.9 Å². The Morgan fingerprint density at radius 3 is 2.30 bits per heavy atom. The van der Waals surface area contributed by atoms with Crippen LogP contribution in [0.25, 0.3) is 0 Å². The summed E-state index contributed by atoms with van der Waals surface area (Å²) in [6.45, 7) is 3.80. The Kier molecular flexibility index (Phi) is 3.97. The number of nitrogens with zero attached hydrogens (tertiary/aromatic N) is 1. The van der Waals surface area contributed by atoms with Crippen LogP contribution in [0.15, 0.2) is 29.4 Å². The summed E-state index contributed by atoms with van der Waals surface area (Å²) in [7, 11) is 0. The van der Waals surface area contributed by atoms with E-state index in [1.807, 2.05) is 13.8 Å². The topological polar surface area (TPSA) is 40.0 Å². The predicted octanol–water partition coefficient (Wildman–Crippen LogP) is 4.42. The van der Waals surface area contributed by atoms with Gasteiger partial charge in [0.05, 0.1) is 11.2 Å². The highest BCUT2D eigenvalue weighted by atomic mass is 79.9. The molecule has 2 aliphatic heterocycles. The first kappa shape index (κ1) is 16.7. The number of oxime groups is 1. The molecule has 3 rings (SSSR count). The van der Waals surface area contributed by atoms with Gasteiger partial charge in [-0.25, -0.2) is 4.89 Å². The lowest BCUT2D eigenvalue weighted by molar-refractivity contribution is -0.480. The Balaban J connectivity index is 1.78. The Morgan fingerprint density at radius 2 is 1.78 bits per heavy atom. The largest absolute Gasteiger partial charge is 0.416 e. The number of benzene rings is 1. The number of hydrogen-bond acceptors (Lipinski definition) is 4. The summed E-state index contributed by atoms with van der Waals surface area (Å²) in [6, 6.07) is 4.77. The zero-order valence-corrected chi connectivity index (χ0v) is 14.1. The van der Waals surface area contributed by atoms with E-state index in [0.717, 1.165) is 12.1 Å². The summed E-state index contributed by atoms with van der Waals surface area (Å²) in [5.41, 5.74) is -0.119. The lowest BCUT2D eigenvalue weighted by Gasteiger charge is -2.39. The average molecular weight is 394 g/mol. The van der Waals surface area contributed by atoms with Crippen molar-refractivity contribution in [3.8, 4) is 0 Å². The van der Waals surface area contributed by atoms with Gasteiger partial charge < -0.3 is 4.84 Å². The quantitative estimate of drug-likeness (QED) is 0.523. The van der Waals surface area contributed by atoms with Crippen molar-refractivity contribution in [2.45, 2.75) is 49.1 Å². The number of hydrogen-bond donors (Lipinski definition) is 0. The first-order valence-corrected chi connectivity index (χ1v) is 7.99. The zero-order valence-electron chi connectivity index (χ0n) is 12.5. The number of alkyl halides is 4. The van der Waals surface area contributed by atoms with E-state index >= 15 is 0 Å². The fraction of sp³-hybridized carbons (Fsp3) is 0.533. The third-order valence-electron chi connectivity index (χ3n) is 3.92. The molecule has 1 fully saturated rings. The SMILES string of the molecule is CC1(C)CC[C@]2(ON=C(c3ccc(C(F)(F)F)cc3)[C@H]2Br)OO1. The molecule has 0 saturated carbocycles. The zero-order chi connectivity index (χ0) is 16.9. The molecule has 0 amide bonds. The van der Waals surface area contributed by atoms with Gasteiger partial charge in [0.25, 0.3) is 5.79 Å². The highest BCUT2D eigenvalue weighted by Crippen LogP contribution is 2.43. The maximum absolute atomic E-state index is 12.6. The van der Waals surface area contributed by atoms with Gasteiger partial charge in [-0.2, -0.15) is 18.1 Å². The smallest absolute Gasteiger partial charge is 0.356 e. The second-order valence-electron chi connectivity index (χ2n) is 6.24. The summed E-state index contributed by atoms with van der Waals surface area (Å²) >= 11 is 3.47. The predicted molar refractivity (Wildman–Crippen MR) is 80.0 cm³/mol. The lowest BCUT2D eigenvalue weighted by atomic mass is 9.93. The minimum absolute atomic E-state index is 0.418. The fourth-order valence-corrected chi connectivity index (χ4v) is 3.16.